The Kier molecular flexibility index (Phi) is 5.01. The second-order valence-corrected chi connectivity index (χ2v) is 8.24. The van der Waals surface area contributed by atoms with Crippen molar-refractivity contribution in [3.63, 3.8) is 0 Å². The number of anilines is 1. The fourth-order valence-electron chi connectivity index (χ4n) is 4.33. The Bertz CT molecular complexity index is 1360. The maximum absolute atomic E-state index is 13.2. The summed E-state index contributed by atoms with van der Waals surface area (Å²) >= 11 is 0. The Hall–Kier alpha value is -4.26. The molecular weight excluding hydrogens is 418 g/mol. The molecule has 1 saturated heterocycles. The van der Waals surface area contributed by atoms with Gasteiger partial charge in [0.15, 0.2) is 0 Å². The molecule has 1 aliphatic heterocycles. The van der Waals surface area contributed by atoms with E-state index in [-0.39, 0.29) is 17.9 Å². The van der Waals surface area contributed by atoms with E-state index in [1.165, 1.54) is 11.2 Å². The van der Waals surface area contributed by atoms with Gasteiger partial charge in [-0.1, -0.05) is 30.3 Å². The smallest absolute Gasteiger partial charge is 0.296 e. The van der Waals surface area contributed by atoms with E-state index in [2.05, 4.69) is 4.98 Å². The number of nitrogens with zero attached hydrogens (tertiary/aromatic N) is 2. The van der Waals surface area contributed by atoms with Crippen LogP contribution >= 0.6 is 0 Å². The number of para-hydroxylation sites is 1. The number of nitrogens with one attached hydrogen (secondary N) is 1. The third kappa shape index (κ3) is 3.47. The van der Waals surface area contributed by atoms with Crippen LogP contribution in [0.5, 0.6) is 0 Å². The van der Waals surface area contributed by atoms with Crippen molar-refractivity contribution in [2.24, 2.45) is 0 Å². The Morgan fingerprint density at radius 3 is 2.52 bits per heavy atom. The number of H-pyrrole nitrogens is 1. The normalized spacial score (nSPS) is 17.8. The lowest BCUT2D eigenvalue weighted by molar-refractivity contribution is -0.140. The number of aromatic nitrogens is 1. The summed E-state index contributed by atoms with van der Waals surface area (Å²) in [6.07, 6.45) is 3.19. The quantitative estimate of drug-likeness (QED) is 0.271. The Labute approximate surface area is 190 Å². The molecule has 1 aliphatic rings. The minimum atomic E-state index is -0.750. The van der Waals surface area contributed by atoms with Crippen LogP contribution < -0.4 is 4.90 Å². The van der Waals surface area contributed by atoms with Crippen molar-refractivity contribution in [2.75, 3.05) is 19.0 Å². The van der Waals surface area contributed by atoms with E-state index in [9.17, 15) is 14.7 Å². The highest BCUT2D eigenvalue weighted by Gasteiger charge is 2.46. The Morgan fingerprint density at radius 1 is 1.06 bits per heavy atom. The summed E-state index contributed by atoms with van der Waals surface area (Å²) in [6.45, 7) is 0.113. The van der Waals surface area contributed by atoms with Gasteiger partial charge in [0, 0.05) is 42.4 Å². The number of furan rings is 1. The molecule has 2 aromatic carbocycles. The maximum Gasteiger partial charge on any atom is 0.296 e. The number of aliphatic hydroxyl groups is 1. The van der Waals surface area contributed by atoms with Crippen LogP contribution in [0.25, 0.3) is 16.7 Å². The molecule has 166 valence electrons. The topological polar surface area (TPSA) is 89.8 Å². The molecule has 0 bridgehead atoms. The fourth-order valence-corrected chi connectivity index (χ4v) is 4.33. The zero-order valence-corrected chi connectivity index (χ0v) is 18.3. The molecule has 1 amide bonds. The number of benzene rings is 2. The van der Waals surface area contributed by atoms with Gasteiger partial charge in [0.25, 0.3) is 11.7 Å². The highest BCUT2D eigenvalue weighted by molar-refractivity contribution is 6.46. The van der Waals surface area contributed by atoms with Crippen LogP contribution in [-0.2, 0) is 16.1 Å². The largest absolute Gasteiger partial charge is 0.507 e. The van der Waals surface area contributed by atoms with E-state index in [1.54, 1.807) is 18.3 Å². The van der Waals surface area contributed by atoms with Gasteiger partial charge in [0.05, 0.1) is 24.4 Å². The van der Waals surface area contributed by atoms with Gasteiger partial charge in [-0.25, -0.2) is 0 Å². The van der Waals surface area contributed by atoms with Crippen molar-refractivity contribution < 1.29 is 19.1 Å². The number of fused-ring (bicyclic) bond motifs is 1. The van der Waals surface area contributed by atoms with Crippen molar-refractivity contribution in [1.29, 1.82) is 0 Å². The molecule has 33 heavy (non-hydrogen) atoms. The van der Waals surface area contributed by atoms with Crippen LogP contribution in [0.1, 0.15) is 22.9 Å². The molecule has 0 saturated carbocycles. The van der Waals surface area contributed by atoms with Gasteiger partial charge in [0.2, 0.25) is 0 Å². The van der Waals surface area contributed by atoms with Crippen LogP contribution in [0.4, 0.5) is 5.69 Å². The molecule has 0 radical (unpaired) electrons. The average Bonchev–Trinajstić information content (AvgIpc) is 3.54. The number of rotatable bonds is 5. The second-order valence-electron chi connectivity index (χ2n) is 8.24. The van der Waals surface area contributed by atoms with E-state index in [0.717, 1.165) is 22.2 Å². The number of amides is 1. The first kappa shape index (κ1) is 20.6. The van der Waals surface area contributed by atoms with Crippen LogP contribution in [0.2, 0.25) is 0 Å². The standard InChI is InChI=1S/C26H23N3O4/c1-28(2)17-11-9-16(10-12-17)23-22(24(30)20-14-27-21-8-4-3-7-19(20)21)25(31)26(32)29(23)15-18-6-5-13-33-18/h3-14,23,27,30H,15H2,1-2H3/b24-22-. The van der Waals surface area contributed by atoms with E-state index in [0.29, 0.717) is 11.3 Å². The summed E-state index contributed by atoms with van der Waals surface area (Å²) in [5, 5.41) is 12.1. The summed E-state index contributed by atoms with van der Waals surface area (Å²) in [7, 11) is 3.88. The number of hydrogen-bond acceptors (Lipinski definition) is 5. The first-order valence-electron chi connectivity index (χ1n) is 10.6. The number of hydrogen-bond donors (Lipinski definition) is 2. The number of aliphatic hydroxyl groups excluding tert-OH is 1. The fraction of sp³-hybridized carbons (Fsp3) is 0.154. The number of carbonyl (C=O) groups is 2. The molecule has 1 atom stereocenters. The zero-order valence-electron chi connectivity index (χ0n) is 18.3. The number of likely N-dealkylation sites (tertiary alicyclic amines) is 1. The molecule has 0 spiro atoms. The first-order valence-corrected chi connectivity index (χ1v) is 10.6. The number of aromatic amines is 1. The lowest BCUT2D eigenvalue weighted by atomic mass is 9.95. The monoisotopic (exact) mass is 441 g/mol. The molecule has 3 heterocycles. The predicted octanol–water partition coefficient (Wildman–Crippen LogP) is 4.45. The molecule has 1 unspecified atom stereocenters. The predicted molar refractivity (Wildman–Crippen MR) is 126 cm³/mol. The molecule has 0 aliphatic carbocycles. The first-order chi connectivity index (χ1) is 16.0. The van der Waals surface area contributed by atoms with Gasteiger partial charge in [-0.05, 0) is 35.9 Å². The summed E-state index contributed by atoms with van der Waals surface area (Å²) in [6, 6.07) is 17.8. The van der Waals surface area contributed by atoms with Crippen LogP contribution in [-0.4, -0.2) is 40.8 Å². The minimum absolute atomic E-state index is 0.0638. The number of Topliss-reactive ketones (excluding diaryl/α,β-unsaturated/α-hetero) is 1. The lowest BCUT2D eigenvalue weighted by Gasteiger charge is -2.25. The third-order valence-corrected chi connectivity index (χ3v) is 6.02. The van der Waals surface area contributed by atoms with Crippen LogP contribution in [0.15, 0.2) is 83.1 Å². The summed E-state index contributed by atoms with van der Waals surface area (Å²) in [4.78, 5) is 32.9. The molecule has 4 aromatic rings. The highest BCUT2D eigenvalue weighted by Crippen LogP contribution is 2.41. The lowest BCUT2D eigenvalue weighted by Crippen LogP contribution is -2.29. The maximum atomic E-state index is 13.2. The molecule has 7 heteroatoms. The summed E-state index contributed by atoms with van der Waals surface area (Å²) in [5.74, 6) is -1.03. The van der Waals surface area contributed by atoms with Gasteiger partial charge in [0.1, 0.15) is 11.5 Å². The van der Waals surface area contributed by atoms with Gasteiger partial charge in [-0.2, -0.15) is 0 Å². The third-order valence-electron chi connectivity index (χ3n) is 6.02. The second kappa shape index (κ2) is 8.02. The Morgan fingerprint density at radius 2 is 1.82 bits per heavy atom. The van der Waals surface area contributed by atoms with E-state index >= 15 is 0 Å². The summed E-state index contributed by atoms with van der Waals surface area (Å²) < 4.78 is 5.44. The average molecular weight is 441 g/mol. The Balaban J connectivity index is 1.68. The van der Waals surface area contributed by atoms with Gasteiger partial charge >= 0.3 is 0 Å². The minimum Gasteiger partial charge on any atom is -0.507 e. The SMILES string of the molecule is CN(C)c1ccc(C2/C(=C(/O)c3c[nH]c4ccccc34)C(=O)C(=O)N2Cc2ccco2)cc1. The van der Waals surface area contributed by atoms with Crippen molar-refractivity contribution in [3.05, 3.63) is 95.6 Å². The molecule has 2 N–H and O–H groups in total. The van der Waals surface area contributed by atoms with Gasteiger partial charge in [-0.3, -0.25) is 9.59 Å². The number of ketones is 1. The van der Waals surface area contributed by atoms with Crippen LogP contribution in [0.3, 0.4) is 0 Å². The summed E-state index contributed by atoms with van der Waals surface area (Å²) in [5.41, 5.74) is 3.09. The van der Waals surface area contributed by atoms with E-state index < -0.39 is 17.7 Å². The highest BCUT2D eigenvalue weighted by atomic mass is 16.3. The van der Waals surface area contributed by atoms with Crippen molar-refractivity contribution in [3.8, 4) is 0 Å². The molecule has 2 aromatic heterocycles. The molecular formula is C26H23N3O4. The van der Waals surface area contributed by atoms with Gasteiger partial charge < -0.3 is 24.3 Å². The van der Waals surface area contributed by atoms with Crippen molar-refractivity contribution >= 4 is 34.0 Å². The van der Waals surface area contributed by atoms with Crippen molar-refractivity contribution in [2.45, 2.75) is 12.6 Å². The molecule has 5 rings (SSSR count). The van der Waals surface area contributed by atoms with Gasteiger partial charge in [-0.15, -0.1) is 0 Å². The van der Waals surface area contributed by atoms with E-state index in [1.807, 2.05) is 67.5 Å². The molecule has 7 nitrogen and oxygen atoms in total. The van der Waals surface area contributed by atoms with Crippen molar-refractivity contribution in [1.82, 2.24) is 9.88 Å². The molecule has 1 fully saturated rings. The van der Waals surface area contributed by atoms with E-state index in [4.69, 9.17) is 4.42 Å². The zero-order chi connectivity index (χ0) is 23.1. The van der Waals surface area contributed by atoms with Crippen LogP contribution in [0, 0.1) is 0 Å². The number of carbonyl (C=O) groups excluding carboxylic acids is 2.